The summed E-state index contributed by atoms with van der Waals surface area (Å²) in [4.78, 5) is 21.1. The first-order valence-electron chi connectivity index (χ1n) is 7.66. The van der Waals surface area contributed by atoms with E-state index >= 15 is 0 Å². The predicted molar refractivity (Wildman–Crippen MR) is 88.0 cm³/mol. The van der Waals surface area contributed by atoms with Crippen LogP contribution in [0.5, 0.6) is 0 Å². The summed E-state index contributed by atoms with van der Waals surface area (Å²) in [6, 6.07) is 13.7. The second kappa shape index (κ2) is 6.18. The third-order valence-corrected chi connectivity index (χ3v) is 4.15. The van der Waals surface area contributed by atoms with Gasteiger partial charge in [0, 0.05) is 32.4 Å². The van der Waals surface area contributed by atoms with Gasteiger partial charge < -0.3 is 9.80 Å². The van der Waals surface area contributed by atoms with Crippen molar-refractivity contribution in [2.75, 3.05) is 25.5 Å². The van der Waals surface area contributed by atoms with E-state index < -0.39 is 0 Å². The van der Waals surface area contributed by atoms with Gasteiger partial charge in [-0.15, -0.1) is 0 Å². The lowest BCUT2D eigenvalue weighted by atomic mass is 10.1. The Hall–Kier alpha value is -2.36. The van der Waals surface area contributed by atoms with Gasteiger partial charge in [-0.2, -0.15) is 0 Å². The second-order valence-corrected chi connectivity index (χ2v) is 5.87. The molecule has 0 bridgehead atoms. The lowest BCUT2D eigenvalue weighted by Crippen LogP contribution is -2.30. The number of carbonyl (C=O) groups is 1. The molecular formula is C18H21N3O. The standard InChI is InChI=1S/C18H21N3O/c1-20(2)17-11-10-15(13-19-17)16-9-6-12-21(16)18(22)14-7-4-3-5-8-14/h3-5,7-8,10-11,13,16H,6,9,12H2,1-2H3/t16-/m0/s1. The fraction of sp³-hybridized carbons (Fsp3) is 0.333. The summed E-state index contributed by atoms with van der Waals surface area (Å²) in [6.45, 7) is 0.813. The van der Waals surface area contributed by atoms with Crippen LogP contribution in [-0.2, 0) is 0 Å². The van der Waals surface area contributed by atoms with E-state index in [-0.39, 0.29) is 11.9 Å². The summed E-state index contributed by atoms with van der Waals surface area (Å²) < 4.78 is 0. The molecule has 1 fully saturated rings. The SMILES string of the molecule is CN(C)c1ccc([C@@H]2CCCN2C(=O)c2ccccc2)cn1. The van der Waals surface area contributed by atoms with Gasteiger partial charge in [-0.25, -0.2) is 4.98 Å². The molecule has 114 valence electrons. The summed E-state index contributed by atoms with van der Waals surface area (Å²) in [5.74, 6) is 1.04. The van der Waals surface area contributed by atoms with Crippen molar-refractivity contribution in [1.82, 2.24) is 9.88 Å². The number of anilines is 1. The molecule has 4 nitrogen and oxygen atoms in total. The van der Waals surface area contributed by atoms with E-state index in [1.807, 2.05) is 66.5 Å². The molecular weight excluding hydrogens is 274 g/mol. The molecule has 0 spiro atoms. The van der Waals surface area contributed by atoms with Gasteiger partial charge >= 0.3 is 0 Å². The largest absolute Gasteiger partial charge is 0.363 e. The van der Waals surface area contributed by atoms with Crippen LogP contribution in [-0.4, -0.2) is 36.4 Å². The van der Waals surface area contributed by atoms with Crippen molar-refractivity contribution >= 4 is 11.7 Å². The van der Waals surface area contributed by atoms with Crippen molar-refractivity contribution < 1.29 is 4.79 Å². The molecule has 1 atom stereocenters. The maximum absolute atomic E-state index is 12.7. The zero-order chi connectivity index (χ0) is 15.5. The monoisotopic (exact) mass is 295 g/mol. The molecule has 1 aromatic carbocycles. The highest BCUT2D eigenvalue weighted by molar-refractivity contribution is 5.94. The minimum atomic E-state index is 0.111. The van der Waals surface area contributed by atoms with Gasteiger partial charge in [-0.1, -0.05) is 24.3 Å². The van der Waals surface area contributed by atoms with Gasteiger partial charge in [0.25, 0.3) is 5.91 Å². The predicted octanol–water partition coefficient (Wildman–Crippen LogP) is 3.12. The van der Waals surface area contributed by atoms with Crippen molar-refractivity contribution in [3.63, 3.8) is 0 Å². The van der Waals surface area contributed by atoms with Crippen LogP contribution in [0.25, 0.3) is 0 Å². The summed E-state index contributed by atoms with van der Waals surface area (Å²) in [6.07, 6.45) is 3.94. The molecule has 1 amide bonds. The molecule has 1 aliphatic heterocycles. The summed E-state index contributed by atoms with van der Waals surface area (Å²) in [5, 5.41) is 0. The summed E-state index contributed by atoms with van der Waals surface area (Å²) >= 11 is 0. The number of aromatic nitrogens is 1. The number of likely N-dealkylation sites (tertiary alicyclic amines) is 1. The molecule has 1 aliphatic rings. The molecule has 0 N–H and O–H groups in total. The third-order valence-electron chi connectivity index (χ3n) is 4.15. The van der Waals surface area contributed by atoms with Gasteiger partial charge in [0.15, 0.2) is 0 Å². The zero-order valence-corrected chi connectivity index (χ0v) is 13.1. The molecule has 3 rings (SSSR count). The van der Waals surface area contributed by atoms with Gasteiger partial charge in [0.1, 0.15) is 5.82 Å². The number of rotatable bonds is 3. The molecule has 1 saturated heterocycles. The second-order valence-electron chi connectivity index (χ2n) is 5.87. The average Bonchev–Trinajstić information content (AvgIpc) is 3.04. The maximum atomic E-state index is 12.7. The Labute approximate surface area is 131 Å². The highest BCUT2D eigenvalue weighted by Crippen LogP contribution is 2.33. The average molecular weight is 295 g/mol. The lowest BCUT2D eigenvalue weighted by molar-refractivity contribution is 0.0735. The smallest absolute Gasteiger partial charge is 0.254 e. The van der Waals surface area contributed by atoms with Crippen LogP contribution in [0.3, 0.4) is 0 Å². The number of pyridine rings is 1. The van der Waals surface area contributed by atoms with E-state index in [1.54, 1.807) is 0 Å². The van der Waals surface area contributed by atoms with Crippen LogP contribution in [0.2, 0.25) is 0 Å². The van der Waals surface area contributed by atoms with Crippen LogP contribution in [0.4, 0.5) is 5.82 Å². The first kappa shape index (κ1) is 14.6. The van der Waals surface area contributed by atoms with E-state index in [1.165, 1.54) is 0 Å². The zero-order valence-electron chi connectivity index (χ0n) is 13.1. The Bertz CT molecular complexity index is 637. The molecule has 2 aromatic rings. The topological polar surface area (TPSA) is 36.4 Å². The fourth-order valence-corrected chi connectivity index (χ4v) is 2.96. The quantitative estimate of drug-likeness (QED) is 0.873. The van der Waals surface area contributed by atoms with Crippen molar-refractivity contribution in [2.24, 2.45) is 0 Å². The summed E-state index contributed by atoms with van der Waals surface area (Å²) in [5.41, 5.74) is 1.87. The number of carbonyl (C=O) groups excluding carboxylic acids is 1. The number of hydrogen-bond donors (Lipinski definition) is 0. The number of benzene rings is 1. The summed E-state index contributed by atoms with van der Waals surface area (Å²) in [7, 11) is 3.95. The first-order chi connectivity index (χ1) is 10.7. The van der Waals surface area contributed by atoms with Gasteiger partial charge in [-0.05, 0) is 36.6 Å². The molecule has 0 unspecified atom stereocenters. The first-order valence-corrected chi connectivity index (χ1v) is 7.66. The van der Waals surface area contributed by atoms with Crippen molar-refractivity contribution in [3.8, 4) is 0 Å². The van der Waals surface area contributed by atoms with E-state index in [9.17, 15) is 4.79 Å². The molecule has 22 heavy (non-hydrogen) atoms. The normalized spacial score (nSPS) is 17.5. The Balaban J connectivity index is 1.82. The van der Waals surface area contributed by atoms with Crippen LogP contribution < -0.4 is 4.90 Å². The third kappa shape index (κ3) is 2.82. The minimum Gasteiger partial charge on any atom is -0.363 e. The Morgan fingerprint density at radius 1 is 1.18 bits per heavy atom. The van der Waals surface area contributed by atoms with Crippen LogP contribution in [0.1, 0.15) is 34.8 Å². The highest BCUT2D eigenvalue weighted by Gasteiger charge is 2.30. The molecule has 0 saturated carbocycles. The molecule has 1 aromatic heterocycles. The maximum Gasteiger partial charge on any atom is 0.254 e. The van der Waals surface area contributed by atoms with E-state index in [0.717, 1.165) is 36.3 Å². The lowest BCUT2D eigenvalue weighted by Gasteiger charge is -2.25. The van der Waals surface area contributed by atoms with Gasteiger partial charge in [-0.3, -0.25) is 4.79 Å². The Morgan fingerprint density at radius 2 is 1.95 bits per heavy atom. The Morgan fingerprint density at radius 3 is 2.59 bits per heavy atom. The van der Waals surface area contributed by atoms with E-state index in [4.69, 9.17) is 0 Å². The fourth-order valence-electron chi connectivity index (χ4n) is 2.96. The van der Waals surface area contributed by atoms with Gasteiger partial charge in [0.05, 0.1) is 6.04 Å². The van der Waals surface area contributed by atoms with E-state index in [2.05, 4.69) is 11.1 Å². The van der Waals surface area contributed by atoms with Crippen molar-refractivity contribution in [3.05, 3.63) is 59.8 Å². The number of hydrogen-bond acceptors (Lipinski definition) is 3. The van der Waals surface area contributed by atoms with E-state index in [0.29, 0.717) is 0 Å². The van der Waals surface area contributed by atoms with Crippen molar-refractivity contribution in [2.45, 2.75) is 18.9 Å². The Kier molecular flexibility index (Phi) is 4.09. The number of nitrogens with zero attached hydrogens (tertiary/aromatic N) is 3. The molecule has 4 heteroatoms. The van der Waals surface area contributed by atoms with Gasteiger partial charge in [0.2, 0.25) is 0 Å². The minimum absolute atomic E-state index is 0.111. The van der Waals surface area contributed by atoms with Crippen LogP contribution >= 0.6 is 0 Å². The van der Waals surface area contributed by atoms with Crippen LogP contribution in [0, 0.1) is 0 Å². The molecule has 2 heterocycles. The number of amides is 1. The highest BCUT2D eigenvalue weighted by atomic mass is 16.2. The molecule has 0 aliphatic carbocycles. The van der Waals surface area contributed by atoms with Crippen molar-refractivity contribution in [1.29, 1.82) is 0 Å². The van der Waals surface area contributed by atoms with Crippen LogP contribution in [0.15, 0.2) is 48.7 Å². The molecule has 0 radical (unpaired) electrons.